The fourth-order valence-electron chi connectivity index (χ4n) is 3.00. The van der Waals surface area contributed by atoms with E-state index in [1.165, 1.54) is 0 Å². The van der Waals surface area contributed by atoms with Crippen molar-refractivity contribution in [2.75, 3.05) is 33.3 Å². The molecule has 1 aliphatic heterocycles. The van der Waals surface area contributed by atoms with Gasteiger partial charge in [0.05, 0.1) is 13.7 Å². The molecule has 0 bridgehead atoms. The minimum Gasteiger partial charge on any atom is -0.450 e. The van der Waals surface area contributed by atoms with Gasteiger partial charge in [-0.15, -0.1) is 0 Å². The summed E-state index contributed by atoms with van der Waals surface area (Å²) in [4.78, 5) is 26.7. The van der Waals surface area contributed by atoms with Crippen LogP contribution in [0.15, 0.2) is 24.3 Å². The van der Waals surface area contributed by atoms with E-state index in [-0.39, 0.29) is 18.0 Å². The summed E-state index contributed by atoms with van der Waals surface area (Å²) in [5.41, 5.74) is 1.04. The third-order valence-electron chi connectivity index (χ3n) is 4.30. The van der Waals surface area contributed by atoms with Crippen LogP contribution in [0.1, 0.15) is 25.3 Å². The fraction of sp³-hybridized carbons (Fsp3) is 0.556. The van der Waals surface area contributed by atoms with E-state index in [0.29, 0.717) is 32.8 Å². The lowest BCUT2D eigenvalue weighted by Crippen LogP contribution is -3.09. The number of carbonyl (C=O) groups is 2. The highest BCUT2D eigenvalue weighted by atomic mass is 35.5. The van der Waals surface area contributed by atoms with Crippen LogP contribution in [0.25, 0.3) is 0 Å². The number of benzene rings is 1. The number of likely N-dealkylation sites (N-methyl/N-ethyl adjacent to an activating group) is 1. The van der Waals surface area contributed by atoms with Crippen molar-refractivity contribution >= 4 is 23.6 Å². The zero-order valence-corrected chi connectivity index (χ0v) is 15.6. The number of hydrogen-bond donors (Lipinski definition) is 2. The van der Waals surface area contributed by atoms with Gasteiger partial charge in [-0.3, -0.25) is 4.79 Å². The molecule has 0 aromatic heterocycles. The smallest absolute Gasteiger partial charge is 0.409 e. The zero-order chi connectivity index (χ0) is 18.2. The minimum atomic E-state index is -0.267. The van der Waals surface area contributed by atoms with Gasteiger partial charge in [-0.1, -0.05) is 29.8 Å². The van der Waals surface area contributed by atoms with Gasteiger partial charge >= 0.3 is 6.09 Å². The van der Waals surface area contributed by atoms with Crippen molar-refractivity contribution in [1.29, 1.82) is 0 Å². The Bertz CT molecular complexity index is 589. The van der Waals surface area contributed by atoms with Crippen LogP contribution in [-0.2, 0) is 16.1 Å². The van der Waals surface area contributed by atoms with E-state index in [9.17, 15) is 9.59 Å². The largest absolute Gasteiger partial charge is 0.450 e. The molecule has 0 radical (unpaired) electrons. The number of carbonyl (C=O) groups excluding carboxylic acids is 2. The van der Waals surface area contributed by atoms with Gasteiger partial charge in [-0.25, -0.2) is 4.79 Å². The van der Waals surface area contributed by atoms with Crippen molar-refractivity contribution in [2.24, 2.45) is 0 Å². The van der Waals surface area contributed by atoms with Crippen molar-refractivity contribution < 1.29 is 19.2 Å². The van der Waals surface area contributed by atoms with E-state index < -0.39 is 0 Å². The maximum absolute atomic E-state index is 12.2. The molecule has 138 valence electrons. The van der Waals surface area contributed by atoms with Crippen LogP contribution in [-0.4, -0.2) is 56.2 Å². The van der Waals surface area contributed by atoms with Gasteiger partial charge in [0, 0.05) is 29.7 Å². The Morgan fingerprint density at radius 3 is 2.64 bits per heavy atom. The van der Waals surface area contributed by atoms with Gasteiger partial charge in [0.15, 0.2) is 6.54 Å². The SMILES string of the molecule is CCOC(=O)N1CCC(NC(=O)C[NH+](C)Cc2ccccc2Cl)CC1. The average molecular weight is 369 g/mol. The number of quaternary nitrogens is 1. The lowest BCUT2D eigenvalue weighted by atomic mass is 10.1. The van der Waals surface area contributed by atoms with E-state index in [4.69, 9.17) is 16.3 Å². The second-order valence-electron chi connectivity index (χ2n) is 6.43. The fourth-order valence-corrected chi connectivity index (χ4v) is 3.21. The van der Waals surface area contributed by atoms with Gasteiger partial charge in [0.2, 0.25) is 0 Å². The molecule has 2 N–H and O–H groups in total. The second kappa shape index (κ2) is 9.63. The Hall–Kier alpha value is -1.79. The summed E-state index contributed by atoms with van der Waals surface area (Å²) in [7, 11) is 1.98. The molecule has 1 atom stereocenters. The first-order chi connectivity index (χ1) is 12.0. The number of rotatable bonds is 6. The van der Waals surface area contributed by atoms with Crippen LogP contribution in [0, 0.1) is 0 Å². The minimum absolute atomic E-state index is 0.0270. The van der Waals surface area contributed by atoms with Crippen LogP contribution in [0.4, 0.5) is 4.79 Å². The molecule has 1 aliphatic rings. The highest BCUT2D eigenvalue weighted by Crippen LogP contribution is 2.13. The van der Waals surface area contributed by atoms with Crippen LogP contribution < -0.4 is 10.2 Å². The van der Waals surface area contributed by atoms with Gasteiger partial charge in [-0.05, 0) is 25.8 Å². The average Bonchev–Trinajstić information content (AvgIpc) is 2.57. The van der Waals surface area contributed by atoms with Crippen molar-refractivity contribution in [1.82, 2.24) is 10.2 Å². The topological polar surface area (TPSA) is 63.1 Å². The summed E-state index contributed by atoms with van der Waals surface area (Å²) in [5.74, 6) is 0.0270. The lowest BCUT2D eigenvalue weighted by molar-refractivity contribution is -0.885. The molecule has 25 heavy (non-hydrogen) atoms. The van der Waals surface area contributed by atoms with Gasteiger partial charge in [-0.2, -0.15) is 0 Å². The predicted octanol–water partition coefficient (Wildman–Crippen LogP) is 1.09. The summed E-state index contributed by atoms with van der Waals surface area (Å²) in [6, 6.07) is 7.81. The lowest BCUT2D eigenvalue weighted by Gasteiger charge is -2.31. The normalized spacial score (nSPS) is 16.4. The monoisotopic (exact) mass is 368 g/mol. The molecule has 1 aromatic rings. The molecule has 0 saturated carbocycles. The van der Waals surface area contributed by atoms with Crippen LogP contribution in [0.3, 0.4) is 0 Å². The Balaban J connectivity index is 1.72. The number of halogens is 1. The zero-order valence-electron chi connectivity index (χ0n) is 14.9. The molecule has 1 fully saturated rings. The molecule has 1 unspecified atom stereocenters. The van der Waals surface area contributed by atoms with E-state index in [1.807, 2.05) is 31.3 Å². The maximum Gasteiger partial charge on any atom is 0.409 e. The second-order valence-corrected chi connectivity index (χ2v) is 6.84. The summed E-state index contributed by atoms with van der Waals surface area (Å²) in [6.07, 6.45) is 1.25. The van der Waals surface area contributed by atoms with Crippen molar-refractivity contribution in [3.63, 3.8) is 0 Å². The number of nitrogens with zero attached hydrogens (tertiary/aromatic N) is 1. The molecule has 2 rings (SSSR count). The molecule has 2 amide bonds. The first kappa shape index (κ1) is 19.5. The van der Waals surface area contributed by atoms with E-state index >= 15 is 0 Å². The third-order valence-corrected chi connectivity index (χ3v) is 4.67. The molecule has 1 saturated heterocycles. The highest BCUT2D eigenvalue weighted by molar-refractivity contribution is 6.31. The Morgan fingerprint density at radius 2 is 2.00 bits per heavy atom. The number of nitrogens with one attached hydrogen (secondary N) is 2. The Morgan fingerprint density at radius 1 is 1.32 bits per heavy atom. The highest BCUT2D eigenvalue weighted by Gasteiger charge is 2.25. The molecule has 1 aromatic carbocycles. The summed E-state index contributed by atoms with van der Waals surface area (Å²) in [5, 5.41) is 3.80. The van der Waals surface area contributed by atoms with Gasteiger partial charge < -0.3 is 19.9 Å². The maximum atomic E-state index is 12.2. The predicted molar refractivity (Wildman–Crippen MR) is 96.7 cm³/mol. The number of amides is 2. The number of ether oxygens (including phenoxy) is 1. The van der Waals surface area contributed by atoms with Crippen LogP contribution >= 0.6 is 11.6 Å². The third kappa shape index (κ3) is 6.21. The van der Waals surface area contributed by atoms with Crippen LogP contribution in [0.5, 0.6) is 0 Å². The van der Waals surface area contributed by atoms with Gasteiger partial charge in [0.25, 0.3) is 5.91 Å². The molecule has 6 nitrogen and oxygen atoms in total. The van der Waals surface area contributed by atoms with Crippen LogP contribution in [0.2, 0.25) is 5.02 Å². The standard InChI is InChI=1S/C18H26ClN3O3/c1-3-25-18(24)22-10-8-15(9-11-22)20-17(23)13-21(2)12-14-6-4-5-7-16(14)19/h4-7,15H,3,8-13H2,1-2H3,(H,20,23)/p+1. The quantitative estimate of drug-likeness (QED) is 0.790. The summed E-state index contributed by atoms with van der Waals surface area (Å²) < 4.78 is 5.00. The Labute approximate surface area is 154 Å². The molecule has 0 spiro atoms. The summed E-state index contributed by atoms with van der Waals surface area (Å²) in [6.45, 7) is 4.51. The van der Waals surface area contributed by atoms with Crippen molar-refractivity contribution in [3.8, 4) is 0 Å². The molecular weight excluding hydrogens is 342 g/mol. The molecule has 0 aliphatic carbocycles. The van der Waals surface area contributed by atoms with E-state index in [0.717, 1.165) is 28.3 Å². The Kier molecular flexibility index (Phi) is 7.52. The summed E-state index contributed by atoms with van der Waals surface area (Å²) >= 11 is 6.17. The van der Waals surface area contributed by atoms with Crippen molar-refractivity contribution in [3.05, 3.63) is 34.9 Å². The first-order valence-corrected chi connectivity index (χ1v) is 9.13. The van der Waals surface area contributed by atoms with E-state index in [2.05, 4.69) is 5.32 Å². The van der Waals surface area contributed by atoms with Gasteiger partial charge in [0.1, 0.15) is 6.54 Å². The molecular formula is C18H27ClN3O3+. The van der Waals surface area contributed by atoms with Crippen molar-refractivity contribution in [2.45, 2.75) is 32.4 Å². The molecule has 7 heteroatoms. The number of piperidine rings is 1. The number of hydrogen-bond acceptors (Lipinski definition) is 3. The number of likely N-dealkylation sites (tertiary alicyclic amines) is 1. The first-order valence-electron chi connectivity index (χ1n) is 8.75. The molecule has 1 heterocycles. The van der Waals surface area contributed by atoms with E-state index in [1.54, 1.807) is 11.8 Å².